The van der Waals surface area contributed by atoms with E-state index in [0.717, 1.165) is 18.0 Å². The number of carbonyl (C=O) groups is 1. The van der Waals surface area contributed by atoms with Crippen LogP contribution in [0.2, 0.25) is 0 Å². The van der Waals surface area contributed by atoms with Crippen molar-refractivity contribution in [2.45, 2.75) is 19.8 Å². The molecule has 0 atom stereocenters. The van der Waals surface area contributed by atoms with Crippen LogP contribution in [0.4, 0.5) is 10.1 Å². The summed E-state index contributed by atoms with van der Waals surface area (Å²) in [6.45, 7) is 2.00. The molecule has 0 saturated heterocycles. The Balaban J connectivity index is 2.21. The molecule has 0 radical (unpaired) electrons. The van der Waals surface area contributed by atoms with Gasteiger partial charge in [-0.1, -0.05) is 17.8 Å². The highest BCUT2D eigenvalue weighted by molar-refractivity contribution is 9.10. The topological polar surface area (TPSA) is 54.9 Å². The molecule has 0 saturated carbocycles. The van der Waals surface area contributed by atoms with E-state index in [1.807, 2.05) is 6.92 Å². The quantitative estimate of drug-likeness (QED) is 0.921. The summed E-state index contributed by atoms with van der Waals surface area (Å²) in [4.78, 5) is 12.6. The number of amides is 1. The second kappa shape index (κ2) is 6.21. The van der Waals surface area contributed by atoms with E-state index in [2.05, 4.69) is 30.8 Å². The Hall–Kier alpha value is -1.34. The van der Waals surface area contributed by atoms with Crippen LogP contribution in [0.25, 0.3) is 0 Å². The molecule has 0 aliphatic heterocycles. The van der Waals surface area contributed by atoms with E-state index < -0.39 is 5.82 Å². The summed E-state index contributed by atoms with van der Waals surface area (Å²) in [6, 6.07) is 4.12. The van der Waals surface area contributed by atoms with Gasteiger partial charge in [0, 0.05) is 4.47 Å². The molecule has 2 rings (SSSR count). The maximum Gasteiger partial charge on any atom is 0.269 e. The predicted octanol–water partition coefficient (Wildman–Crippen LogP) is 3.64. The lowest BCUT2D eigenvalue weighted by molar-refractivity contribution is 0.102. The van der Waals surface area contributed by atoms with Gasteiger partial charge in [0.1, 0.15) is 10.7 Å². The van der Waals surface area contributed by atoms with Crippen LogP contribution in [0, 0.1) is 5.82 Å². The molecule has 2 aromatic rings. The summed E-state index contributed by atoms with van der Waals surface area (Å²) in [5, 5.41) is 6.59. The van der Waals surface area contributed by atoms with Crippen molar-refractivity contribution in [2.24, 2.45) is 0 Å². The molecule has 19 heavy (non-hydrogen) atoms. The van der Waals surface area contributed by atoms with Crippen LogP contribution < -0.4 is 5.32 Å². The average Bonchev–Trinajstić information content (AvgIpc) is 2.82. The molecule has 0 bridgehead atoms. The molecule has 100 valence electrons. The number of rotatable bonds is 4. The smallest absolute Gasteiger partial charge is 0.269 e. The zero-order valence-corrected chi connectivity index (χ0v) is 12.5. The summed E-state index contributed by atoms with van der Waals surface area (Å²) in [6.07, 6.45) is 1.58. The second-order valence-electron chi connectivity index (χ2n) is 3.88. The number of halogens is 2. The van der Waals surface area contributed by atoms with Crippen LogP contribution in [0.15, 0.2) is 22.7 Å². The van der Waals surface area contributed by atoms with Crippen molar-refractivity contribution in [3.63, 3.8) is 0 Å². The Bertz CT molecular complexity index is 602. The minimum atomic E-state index is -0.408. The SMILES string of the molecule is CCCc1nnsc1C(=O)Nc1cc(F)ccc1Br. The van der Waals surface area contributed by atoms with Crippen molar-refractivity contribution >= 4 is 39.1 Å². The molecule has 1 heterocycles. The van der Waals surface area contributed by atoms with Crippen LogP contribution in [0.3, 0.4) is 0 Å². The third-order valence-corrected chi connectivity index (χ3v) is 3.88. The molecular formula is C12H11BrFN3OS. The Kier molecular flexibility index (Phi) is 4.60. The molecule has 0 fully saturated rings. The molecule has 0 spiro atoms. The van der Waals surface area contributed by atoms with Gasteiger partial charge in [0.15, 0.2) is 0 Å². The summed E-state index contributed by atoms with van der Waals surface area (Å²) >= 11 is 4.31. The maximum absolute atomic E-state index is 13.1. The molecule has 4 nitrogen and oxygen atoms in total. The Morgan fingerprint density at radius 3 is 3.05 bits per heavy atom. The van der Waals surface area contributed by atoms with Gasteiger partial charge in [-0.25, -0.2) is 4.39 Å². The van der Waals surface area contributed by atoms with Crippen molar-refractivity contribution < 1.29 is 9.18 Å². The third kappa shape index (κ3) is 3.36. The second-order valence-corrected chi connectivity index (χ2v) is 5.49. The van der Waals surface area contributed by atoms with Gasteiger partial charge < -0.3 is 5.32 Å². The number of nitrogens with zero attached hydrogens (tertiary/aromatic N) is 2. The van der Waals surface area contributed by atoms with E-state index >= 15 is 0 Å². The molecule has 1 N–H and O–H groups in total. The highest BCUT2D eigenvalue weighted by Gasteiger charge is 2.16. The summed E-state index contributed by atoms with van der Waals surface area (Å²) in [5.41, 5.74) is 1.07. The van der Waals surface area contributed by atoms with E-state index in [-0.39, 0.29) is 5.91 Å². The number of aryl methyl sites for hydroxylation is 1. The Morgan fingerprint density at radius 2 is 2.32 bits per heavy atom. The highest BCUT2D eigenvalue weighted by atomic mass is 79.9. The molecule has 7 heteroatoms. The fourth-order valence-electron chi connectivity index (χ4n) is 1.55. The van der Waals surface area contributed by atoms with E-state index in [4.69, 9.17) is 0 Å². The van der Waals surface area contributed by atoms with E-state index in [1.54, 1.807) is 6.07 Å². The lowest BCUT2D eigenvalue weighted by atomic mass is 10.2. The lowest BCUT2D eigenvalue weighted by Crippen LogP contribution is -2.13. The summed E-state index contributed by atoms with van der Waals surface area (Å²) < 4.78 is 17.6. The molecule has 1 aromatic carbocycles. The van der Waals surface area contributed by atoms with Gasteiger partial charge in [-0.05, 0) is 52.1 Å². The van der Waals surface area contributed by atoms with Crippen LogP contribution >= 0.6 is 27.5 Å². The molecule has 0 aliphatic carbocycles. The van der Waals surface area contributed by atoms with E-state index in [1.165, 1.54) is 12.1 Å². The molecule has 1 amide bonds. The number of hydrogen-bond acceptors (Lipinski definition) is 4. The summed E-state index contributed by atoms with van der Waals surface area (Å²) in [5.74, 6) is -0.723. The van der Waals surface area contributed by atoms with E-state index in [0.29, 0.717) is 27.2 Å². The normalized spacial score (nSPS) is 10.5. The zero-order valence-electron chi connectivity index (χ0n) is 10.1. The number of nitrogens with one attached hydrogen (secondary N) is 1. The largest absolute Gasteiger partial charge is 0.320 e. The van der Waals surface area contributed by atoms with Gasteiger partial charge >= 0.3 is 0 Å². The number of anilines is 1. The Labute approximate surface area is 122 Å². The fraction of sp³-hybridized carbons (Fsp3) is 0.250. The van der Waals surface area contributed by atoms with Gasteiger partial charge in [-0.2, -0.15) is 0 Å². The van der Waals surface area contributed by atoms with Gasteiger partial charge in [0.2, 0.25) is 0 Å². The van der Waals surface area contributed by atoms with Gasteiger partial charge in [-0.3, -0.25) is 4.79 Å². The molecule has 0 unspecified atom stereocenters. The number of hydrogen-bond donors (Lipinski definition) is 1. The number of aromatic nitrogens is 2. The lowest BCUT2D eigenvalue weighted by Gasteiger charge is -2.06. The number of benzene rings is 1. The van der Waals surface area contributed by atoms with Gasteiger partial charge in [0.25, 0.3) is 5.91 Å². The van der Waals surface area contributed by atoms with Crippen molar-refractivity contribution in [2.75, 3.05) is 5.32 Å². The molecular weight excluding hydrogens is 333 g/mol. The van der Waals surface area contributed by atoms with Crippen molar-refractivity contribution in [1.82, 2.24) is 9.59 Å². The average molecular weight is 344 g/mol. The minimum absolute atomic E-state index is 0.315. The fourth-order valence-corrected chi connectivity index (χ4v) is 2.50. The van der Waals surface area contributed by atoms with Crippen molar-refractivity contribution in [3.05, 3.63) is 39.1 Å². The van der Waals surface area contributed by atoms with E-state index in [9.17, 15) is 9.18 Å². The maximum atomic E-state index is 13.1. The molecule has 1 aromatic heterocycles. The first-order valence-electron chi connectivity index (χ1n) is 5.69. The standard InChI is InChI=1S/C12H11BrFN3OS/c1-2-3-9-11(19-17-16-9)12(18)15-10-6-7(14)4-5-8(10)13/h4-6H,2-3H2,1H3,(H,15,18). The highest BCUT2D eigenvalue weighted by Crippen LogP contribution is 2.24. The monoisotopic (exact) mass is 343 g/mol. The third-order valence-electron chi connectivity index (χ3n) is 2.43. The van der Waals surface area contributed by atoms with Gasteiger partial charge in [0.05, 0.1) is 11.4 Å². The van der Waals surface area contributed by atoms with Gasteiger partial charge in [-0.15, -0.1) is 5.10 Å². The number of carbonyl (C=O) groups excluding carboxylic acids is 1. The van der Waals surface area contributed by atoms with Crippen LogP contribution in [-0.4, -0.2) is 15.5 Å². The summed E-state index contributed by atoms with van der Waals surface area (Å²) in [7, 11) is 0. The zero-order chi connectivity index (χ0) is 13.8. The first-order valence-corrected chi connectivity index (χ1v) is 7.26. The van der Waals surface area contributed by atoms with Crippen molar-refractivity contribution in [3.8, 4) is 0 Å². The molecule has 0 aliphatic rings. The first kappa shape index (κ1) is 14.1. The predicted molar refractivity (Wildman–Crippen MR) is 76.0 cm³/mol. The first-order chi connectivity index (χ1) is 9.11. The van der Waals surface area contributed by atoms with Crippen LogP contribution in [-0.2, 0) is 6.42 Å². The minimum Gasteiger partial charge on any atom is -0.320 e. The van der Waals surface area contributed by atoms with Crippen molar-refractivity contribution in [1.29, 1.82) is 0 Å². The van der Waals surface area contributed by atoms with Crippen LogP contribution in [0.1, 0.15) is 28.7 Å². The van der Waals surface area contributed by atoms with Crippen LogP contribution in [0.5, 0.6) is 0 Å². The Morgan fingerprint density at radius 1 is 1.53 bits per heavy atom.